The predicted octanol–water partition coefficient (Wildman–Crippen LogP) is 4.88. The first-order valence-corrected chi connectivity index (χ1v) is 11.1. The Balaban J connectivity index is 1.87. The minimum Gasteiger partial charge on any atom is -0.309 e. The summed E-state index contributed by atoms with van der Waals surface area (Å²) in [4.78, 5) is 32.6. The maximum absolute atomic E-state index is 13.0. The Labute approximate surface area is 183 Å². The van der Waals surface area contributed by atoms with Gasteiger partial charge in [0.1, 0.15) is 0 Å². The lowest BCUT2D eigenvalue weighted by atomic mass is 10.1. The molecule has 3 aromatic rings. The lowest BCUT2D eigenvalue weighted by molar-refractivity contribution is -0.380. The average molecular weight is 445 g/mol. The van der Waals surface area contributed by atoms with Gasteiger partial charge in [-0.05, 0) is 70.2 Å². The van der Waals surface area contributed by atoms with E-state index in [-0.39, 0.29) is 10.9 Å². The lowest BCUT2D eigenvalue weighted by Gasteiger charge is -2.19. The van der Waals surface area contributed by atoms with Gasteiger partial charge in [-0.25, -0.2) is 4.98 Å². The SMILES string of the molecule is Cc1cc(C)c2nc(N(CCCN(C)C)C(=O)C=Cc3ccc([N+](=O)[O-])s3)sc2c1. The van der Waals surface area contributed by atoms with Crippen LogP contribution in [0.15, 0.2) is 30.3 Å². The van der Waals surface area contributed by atoms with Crippen molar-refractivity contribution in [3.63, 3.8) is 0 Å². The van der Waals surface area contributed by atoms with Gasteiger partial charge in [0, 0.05) is 23.6 Å². The summed E-state index contributed by atoms with van der Waals surface area (Å²) in [6, 6.07) is 7.27. The Morgan fingerprint density at radius 3 is 2.63 bits per heavy atom. The van der Waals surface area contributed by atoms with Crippen LogP contribution in [0.2, 0.25) is 0 Å². The Kier molecular flexibility index (Phi) is 6.96. The van der Waals surface area contributed by atoms with Crippen molar-refractivity contribution < 1.29 is 9.72 Å². The van der Waals surface area contributed by atoms with E-state index in [2.05, 4.69) is 24.0 Å². The minimum absolute atomic E-state index is 0.0574. The van der Waals surface area contributed by atoms with Crippen molar-refractivity contribution >= 4 is 55.0 Å². The normalized spacial score (nSPS) is 11.6. The molecule has 0 radical (unpaired) electrons. The summed E-state index contributed by atoms with van der Waals surface area (Å²) in [6.07, 6.45) is 3.90. The third-order valence-electron chi connectivity index (χ3n) is 4.49. The zero-order valence-electron chi connectivity index (χ0n) is 17.4. The van der Waals surface area contributed by atoms with Crippen molar-refractivity contribution in [2.45, 2.75) is 20.3 Å². The summed E-state index contributed by atoms with van der Waals surface area (Å²) in [6.45, 7) is 5.48. The second-order valence-corrected chi connectivity index (χ2v) is 9.44. The molecule has 2 heterocycles. The van der Waals surface area contributed by atoms with Crippen LogP contribution in [0.3, 0.4) is 0 Å². The van der Waals surface area contributed by atoms with Gasteiger partial charge in [0.05, 0.1) is 15.1 Å². The number of nitrogens with zero attached hydrogens (tertiary/aromatic N) is 4. The van der Waals surface area contributed by atoms with E-state index in [0.29, 0.717) is 16.6 Å². The number of rotatable bonds is 8. The number of anilines is 1. The molecule has 158 valence electrons. The number of thiophene rings is 1. The fourth-order valence-electron chi connectivity index (χ4n) is 3.09. The predicted molar refractivity (Wildman–Crippen MR) is 125 cm³/mol. The Morgan fingerprint density at radius 1 is 1.20 bits per heavy atom. The van der Waals surface area contributed by atoms with Crippen LogP contribution in [0.1, 0.15) is 22.4 Å². The molecule has 3 rings (SSSR count). The van der Waals surface area contributed by atoms with E-state index in [1.54, 1.807) is 17.0 Å². The van der Waals surface area contributed by atoms with Crippen molar-refractivity contribution in [2.75, 3.05) is 32.1 Å². The minimum atomic E-state index is -0.428. The molecule has 0 aliphatic rings. The standard InChI is InChI=1S/C21H24N4O3S2/c1-14-12-15(2)20-17(13-14)30-21(22-20)24(11-5-10-23(3)4)18(26)8-6-16-7-9-19(29-16)25(27)28/h6-9,12-13H,5,10-11H2,1-4H3. The largest absolute Gasteiger partial charge is 0.324 e. The van der Waals surface area contributed by atoms with Gasteiger partial charge in [-0.2, -0.15) is 0 Å². The zero-order chi connectivity index (χ0) is 21.8. The van der Waals surface area contributed by atoms with Crippen molar-refractivity contribution in [1.82, 2.24) is 9.88 Å². The first-order valence-electron chi connectivity index (χ1n) is 9.51. The molecule has 0 atom stereocenters. The maximum atomic E-state index is 13.0. The fraction of sp³-hybridized carbons (Fsp3) is 0.333. The van der Waals surface area contributed by atoms with Crippen LogP contribution in [-0.4, -0.2) is 47.9 Å². The molecular formula is C21H24N4O3S2. The van der Waals surface area contributed by atoms with E-state index < -0.39 is 4.92 Å². The topological polar surface area (TPSA) is 79.6 Å². The molecule has 0 spiro atoms. The second kappa shape index (κ2) is 9.46. The van der Waals surface area contributed by atoms with Crippen LogP contribution in [-0.2, 0) is 4.79 Å². The molecule has 0 saturated carbocycles. The number of amides is 1. The molecule has 0 aliphatic carbocycles. The van der Waals surface area contributed by atoms with Gasteiger partial charge in [-0.3, -0.25) is 19.8 Å². The quantitative estimate of drug-likeness (QED) is 0.281. The molecule has 9 heteroatoms. The van der Waals surface area contributed by atoms with Crippen LogP contribution >= 0.6 is 22.7 Å². The van der Waals surface area contributed by atoms with Crippen LogP contribution in [0.5, 0.6) is 0 Å². The number of benzene rings is 1. The molecule has 30 heavy (non-hydrogen) atoms. The van der Waals surface area contributed by atoms with Gasteiger partial charge in [0.2, 0.25) is 0 Å². The number of aryl methyl sites for hydroxylation is 2. The van der Waals surface area contributed by atoms with E-state index in [4.69, 9.17) is 4.98 Å². The van der Waals surface area contributed by atoms with E-state index in [0.717, 1.165) is 40.1 Å². The van der Waals surface area contributed by atoms with Crippen molar-refractivity contribution in [3.05, 3.63) is 56.5 Å². The third kappa shape index (κ3) is 5.29. The van der Waals surface area contributed by atoms with Gasteiger partial charge in [-0.15, -0.1) is 0 Å². The highest BCUT2D eigenvalue weighted by atomic mass is 32.1. The van der Waals surface area contributed by atoms with E-state index in [1.165, 1.54) is 29.0 Å². The summed E-state index contributed by atoms with van der Waals surface area (Å²) in [5.74, 6) is -0.182. The van der Waals surface area contributed by atoms with Gasteiger partial charge >= 0.3 is 5.00 Å². The van der Waals surface area contributed by atoms with E-state index >= 15 is 0 Å². The Bertz CT molecular complexity index is 1100. The average Bonchev–Trinajstić information content (AvgIpc) is 3.30. The molecule has 1 amide bonds. The number of aromatic nitrogens is 1. The van der Waals surface area contributed by atoms with Crippen LogP contribution in [0.25, 0.3) is 16.3 Å². The summed E-state index contributed by atoms with van der Waals surface area (Å²) in [5.41, 5.74) is 3.18. The van der Waals surface area contributed by atoms with Crippen molar-refractivity contribution in [3.8, 4) is 0 Å². The molecule has 0 fully saturated rings. The number of hydrogen-bond donors (Lipinski definition) is 0. The molecule has 0 saturated heterocycles. The molecule has 0 bridgehead atoms. The first-order chi connectivity index (χ1) is 14.2. The third-order valence-corrected chi connectivity index (χ3v) is 6.51. The van der Waals surface area contributed by atoms with Gasteiger partial charge in [0.15, 0.2) is 5.13 Å². The number of nitro groups is 1. The molecule has 2 aromatic heterocycles. The number of carbonyl (C=O) groups excluding carboxylic acids is 1. The van der Waals surface area contributed by atoms with Crippen LogP contribution in [0.4, 0.5) is 10.1 Å². The molecule has 0 aliphatic heterocycles. The van der Waals surface area contributed by atoms with E-state index in [1.807, 2.05) is 21.0 Å². The Hall–Kier alpha value is -2.62. The first kappa shape index (κ1) is 22.1. The second-order valence-electron chi connectivity index (χ2n) is 7.34. The highest BCUT2D eigenvalue weighted by molar-refractivity contribution is 7.22. The van der Waals surface area contributed by atoms with Gasteiger partial charge in [0.25, 0.3) is 5.91 Å². The summed E-state index contributed by atoms with van der Waals surface area (Å²) in [5, 5.41) is 11.6. The zero-order valence-corrected chi connectivity index (χ0v) is 19.0. The molecular weight excluding hydrogens is 420 g/mol. The highest BCUT2D eigenvalue weighted by Crippen LogP contribution is 2.32. The fourth-order valence-corrected chi connectivity index (χ4v) is 4.99. The van der Waals surface area contributed by atoms with Gasteiger partial charge < -0.3 is 4.90 Å². The summed E-state index contributed by atoms with van der Waals surface area (Å²) in [7, 11) is 4.00. The maximum Gasteiger partial charge on any atom is 0.324 e. The molecule has 0 N–H and O–H groups in total. The summed E-state index contributed by atoms with van der Waals surface area (Å²) >= 11 is 2.55. The smallest absolute Gasteiger partial charge is 0.309 e. The number of carbonyl (C=O) groups is 1. The van der Waals surface area contributed by atoms with Crippen molar-refractivity contribution in [2.24, 2.45) is 0 Å². The van der Waals surface area contributed by atoms with Crippen LogP contribution in [0, 0.1) is 24.0 Å². The van der Waals surface area contributed by atoms with Gasteiger partial charge in [-0.1, -0.05) is 28.7 Å². The monoisotopic (exact) mass is 444 g/mol. The van der Waals surface area contributed by atoms with Crippen molar-refractivity contribution in [1.29, 1.82) is 0 Å². The number of fused-ring (bicyclic) bond motifs is 1. The number of thiazole rings is 1. The molecule has 7 nitrogen and oxygen atoms in total. The highest BCUT2D eigenvalue weighted by Gasteiger charge is 2.19. The summed E-state index contributed by atoms with van der Waals surface area (Å²) < 4.78 is 1.06. The lowest BCUT2D eigenvalue weighted by Crippen LogP contribution is -2.32. The van der Waals surface area contributed by atoms with E-state index in [9.17, 15) is 14.9 Å². The van der Waals surface area contributed by atoms with Crippen LogP contribution < -0.4 is 4.90 Å². The molecule has 1 aromatic carbocycles. The number of hydrogen-bond acceptors (Lipinski definition) is 7. The molecule has 0 unspecified atom stereocenters. The Morgan fingerprint density at radius 2 is 1.97 bits per heavy atom.